The minimum Gasteiger partial charge on any atom is -0.481 e. The second-order valence-electron chi connectivity index (χ2n) is 13.5. The first kappa shape index (κ1) is 33.6. The minimum atomic E-state index is -0.751. The first-order valence-electron chi connectivity index (χ1n) is 17.0. The van der Waals surface area contributed by atoms with Crippen LogP contribution in [0.25, 0.3) is 44.6 Å². The number of carbonyl (C=O) groups is 1. The summed E-state index contributed by atoms with van der Waals surface area (Å²) in [6.07, 6.45) is 4.81. The molecule has 2 saturated heterocycles. The number of nitrogens with one attached hydrogen (secondary N) is 1. The molecular formula is C39H36Cl2N6O4. The average molecular weight is 724 g/mol. The van der Waals surface area contributed by atoms with Gasteiger partial charge in [0.1, 0.15) is 11.0 Å². The smallest absolute Gasteiger partial charge is 0.307 e. The Morgan fingerprint density at radius 1 is 0.941 bits per heavy atom. The third-order valence-corrected chi connectivity index (χ3v) is 10.6. The predicted molar refractivity (Wildman–Crippen MR) is 199 cm³/mol. The van der Waals surface area contributed by atoms with Crippen LogP contribution in [0.2, 0.25) is 10.0 Å². The zero-order valence-corrected chi connectivity index (χ0v) is 29.5. The second kappa shape index (κ2) is 13.9. The van der Waals surface area contributed by atoms with Crippen LogP contribution in [-0.2, 0) is 17.9 Å². The Morgan fingerprint density at radius 2 is 1.71 bits per heavy atom. The van der Waals surface area contributed by atoms with Crippen LogP contribution in [0.5, 0.6) is 0 Å². The number of carboxylic acids is 1. The minimum absolute atomic E-state index is 0.261. The van der Waals surface area contributed by atoms with Crippen LogP contribution in [0, 0.1) is 12.8 Å². The number of β-amino-alcohol motifs (C(OH)–C–C–N with tert-alkyl or cyclic N) is 1. The molecule has 3 aromatic heterocycles. The molecule has 2 unspecified atom stereocenters. The number of aromatic nitrogens is 3. The summed E-state index contributed by atoms with van der Waals surface area (Å²) in [4.78, 5) is 30.0. The molecule has 0 saturated carbocycles. The van der Waals surface area contributed by atoms with Crippen LogP contribution in [0.15, 0.2) is 77.5 Å². The predicted octanol–water partition coefficient (Wildman–Crippen LogP) is 7.94. The fraction of sp³-hybridized carbons (Fsp3) is 0.282. The van der Waals surface area contributed by atoms with Gasteiger partial charge in [0.25, 0.3) is 0 Å². The second-order valence-corrected chi connectivity index (χ2v) is 14.3. The fourth-order valence-corrected chi connectivity index (χ4v) is 7.86. The highest BCUT2D eigenvalue weighted by atomic mass is 35.5. The molecule has 2 fully saturated rings. The highest BCUT2D eigenvalue weighted by molar-refractivity contribution is 6.36. The van der Waals surface area contributed by atoms with E-state index in [-0.39, 0.29) is 12.0 Å². The zero-order valence-electron chi connectivity index (χ0n) is 27.9. The lowest BCUT2D eigenvalue weighted by Gasteiger charge is -2.16. The molecule has 10 nitrogen and oxygen atoms in total. The van der Waals surface area contributed by atoms with Crippen molar-refractivity contribution >= 4 is 62.7 Å². The summed E-state index contributed by atoms with van der Waals surface area (Å²) in [5.74, 6) is -0.0363. The maximum absolute atomic E-state index is 11.4. The van der Waals surface area contributed by atoms with E-state index in [2.05, 4.69) is 26.2 Å². The van der Waals surface area contributed by atoms with E-state index >= 15 is 0 Å². The summed E-state index contributed by atoms with van der Waals surface area (Å²) in [5.41, 5.74) is 8.17. The molecule has 0 bridgehead atoms. The van der Waals surface area contributed by atoms with Crippen LogP contribution in [0.1, 0.15) is 29.5 Å². The molecule has 6 aromatic rings. The fourth-order valence-electron chi connectivity index (χ4n) is 7.31. The lowest BCUT2D eigenvalue weighted by molar-refractivity contribution is -0.141. The number of benzene rings is 3. The highest BCUT2D eigenvalue weighted by Crippen LogP contribution is 2.40. The van der Waals surface area contributed by atoms with Gasteiger partial charge in [-0.3, -0.25) is 19.6 Å². The zero-order chi connectivity index (χ0) is 35.2. The number of nitrogens with zero attached hydrogens (tertiary/aromatic N) is 5. The number of halogens is 2. The van der Waals surface area contributed by atoms with Gasteiger partial charge in [-0.2, -0.15) is 0 Å². The largest absolute Gasteiger partial charge is 0.481 e. The van der Waals surface area contributed by atoms with Crippen LogP contribution >= 0.6 is 23.2 Å². The molecule has 2 atom stereocenters. The maximum Gasteiger partial charge on any atom is 0.307 e. The van der Waals surface area contributed by atoms with Crippen molar-refractivity contribution in [3.63, 3.8) is 0 Å². The number of carboxylic acid groups (broad SMARTS) is 1. The highest BCUT2D eigenvalue weighted by Gasteiger charge is 2.28. The first-order chi connectivity index (χ1) is 24.7. The van der Waals surface area contributed by atoms with Crippen molar-refractivity contribution in [1.82, 2.24) is 24.8 Å². The van der Waals surface area contributed by atoms with Crippen molar-refractivity contribution in [3.8, 4) is 22.6 Å². The quantitative estimate of drug-likeness (QED) is 0.135. The van der Waals surface area contributed by atoms with Crippen molar-refractivity contribution in [2.24, 2.45) is 5.92 Å². The molecule has 5 heterocycles. The Bertz CT molecular complexity index is 2290. The molecule has 0 radical (unpaired) electrons. The van der Waals surface area contributed by atoms with Crippen molar-refractivity contribution in [1.29, 1.82) is 0 Å². The molecule has 0 amide bonds. The van der Waals surface area contributed by atoms with Crippen LogP contribution in [0.4, 0.5) is 11.5 Å². The van der Waals surface area contributed by atoms with E-state index in [1.165, 1.54) is 0 Å². The number of aliphatic carboxylic acids is 1. The topological polar surface area (TPSA) is 128 Å². The maximum atomic E-state index is 11.4. The lowest BCUT2D eigenvalue weighted by atomic mass is 9.96. The van der Waals surface area contributed by atoms with E-state index in [0.717, 1.165) is 70.3 Å². The van der Waals surface area contributed by atoms with Crippen LogP contribution in [-0.4, -0.2) is 73.2 Å². The Morgan fingerprint density at radius 3 is 2.51 bits per heavy atom. The van der Waals surface area contributed by atoms with Gasteiger partial charge in [-0.1, -0.05) is 47.5 Å². The number of oxazole rings is 1. The molecule has 3 aromatic carbocycles. The van der Waals surface area contributed by atoms with E-state index in [0.29, 0.717) is 64.6 Å². The summed E-state index contributed by atoms with van der Waals surface area (Å²) in [6, 6.07) is 19.7. The molecule has 2 aliphatic heterocycles. The van der Waals surface area contributed by atoms with Gasteiger partial charge in [0, 0.05) is 61.6 Å². The van der Waals surface area contributed by atoms with Crippen LogP contribution < -0.4 is 5.32 Å². The number of likely N-dealkylation sites (tertiary alicyclic amines) is 2. The van der Waals surface area contributed by atoms with Crippen molar-refractivity contribution in [2.75, 3.05) is 31.5 Å². The summed E-state index contributed by atoms with van der Waals surface area (Å²) in [5, 5.41) is 24.7. The standard InChI is InChI=1S/C39H36Cl2N6O4/c1-22-28(4-2-5-29(22)38-45-33-16-23(15-31(40)36(33)51-38)18-46-12-9-26(20-46)39(49)50)30-6-3-7-32(34(30)41)44-37-35-25(8-11-42-37)14-24(17-43-35)19-47-13-10-27(48)21-47/h2-8,11,14-17,26-27,48H,9-10,12-13,18-21H2,1H3,(H,42,44)(H,49,50). The monoisotopic (exact) mass is 722 g/mol. The normalized spacial score (nSPS) is 18.3. The molecular weight excluding hydrogens is 687 g/mol. The lowest BCUT2D eigenvalue weighted by Crippen LogP contribution is -2.22. The Labute approximate surface area is 304 Å². The number of fused-ring (bicyclic) bond motifs is 2. The SMILES string of the molecule is Cc1c(-c2nc3cc(CN4CCC(C(=O)O)C4)cc(Cl)c3o2)cccc1-c1cccc(Nc2nccc3cc(CN4CCC(O)C4)cnc23)c1Cl. The summed E-state index contributed by atoms with van der Waals surface area (Å²) in [6.45, 7) is 6.15. The summed E-state index contributed by atoms with van der Waals surface area (Å²) >= 11 is 13.8. The molecule has 3 N–H and O–H groups in total. The number of pyridine rings is 2. The van der Waals surface area contributed by atoms with Gasteiger partial charge in [-0.25, -0.2) is 9.97 Å². The van der Waals surface area contributed by atoms with Gasteiger partial charge in [0.05, 0.1) is 27.8 Å². The van der Waals surface area contributed by atoms with Crippen molar-refractivity contribution in [2.45, 2.75) is 39.0 Å². The van der Waals surface area contributed by atoms with E-state index < -0.39 is 5.97 Å². The number of rotatable bonds is 9. The Hall–Kier alpha value is -4.58. The average Bonchev–Trinajstić information content (AvgIpc) is 3.86. The van der Waals surface area contributed by atoms with Gasteiger partial charge in [0.15, 0.2) is 11.4 Å². The van der Waals surface area contributed by atoms with Gasteiger partial charge in [-0.05, 0) is 85.0 Å². The number of hydrogen-bond donors (Lipinski definition) is 3. The van der Waals surface area contributed by atoms with Crippen molar-refractivity contribution < 1.29 is 19.4 Å². The van der Waals surface area contributed by atoms with Gasteiger partial charge in [0.2, 0.25) is 5.89 Å². The molecule has 260 valence electrons. The number of aliphatic hydroxyl groups is 1. The van der Waals surface area contributed by atoms with E-state index in [9.17, 15) is 15.0 Å². The van der Waals surface area contributed by atoms with Gasteiger partial charge >= 0.3 is 5.97 Å². The molecule has 0 aliphatic carbocycles. The number of hydrogen-bond acceptors (Lipinski definition) is 9. The van der Waals surface area contributed by atoms with Gasteiger partial charge < -0.3 is 19.9 Å². The van der Waals surface area contributed by atoms with Gasteiger partial charge in [-0.15, -0.1) is 0 Å². The summed E-state index contributed by atoms with van der Waals surface area (Å²) in [7, 11) is 0. The third-order valence-electron chi connectivity index (χ3n) is 9.95. The molecule has 2 aliphatic rings. The number of anilines is 2. The molecule has 0 spiro atoms. The van der Waals surface area contributed by atoms with E-state index in [1.807, 2.05) is 67.7 Å². The third kappa shape index (κ3) is 6.78. The Kier molecular flexibility index (Phi) is 9.12. The van der Waals surface area contributed by atoms with E-state index in [1.54, 1.807) is 6.20 Å². The molecule has 8 rings (SSSR count). The van der Waals surface area contributed by atoms with Crippen molar-refractivity contribution in [3.05, 3.63) is 99.8 Å². The molecule has 12 heteroatoms. The molecule has 51 heavy (non-hydrogen) atoms. The van der Waals surface area contributed by atoms with Crippen LogP contribution in [0.3, 0.4) is 0 Å². The van der Waals surface area contributed by atoms with E-state index in [4.69, 9.17) is 37.6 Å². The Balaban J connectivity index is 1.05. The first-order valence-corrected chi connectivity index (χ1v) is 17.8. The summed E-state index contributed by atoms with van der Waals surface area (Å²) < 4.78 is 6.25. The number of aliphatic hydroxyl groups excluding tert-OH is 1.